The fourth-order valence-electron chi connectivity index (χ4n) is 2.69. The van der Waals surface area contributed by atoms with Gasteiger partial charge in [-0.1, -0.05) is 24.3 Å². The molecule has 2 aromatic heterocycles. The molecule has 1 aromatic carbocycles. The van der Waals surface area contributed by atoms with Gasteiger partial charge in [-0.05, 0) is 31.2 Å². The van der Waals surface area contributed by atoms with Crippen LogP contribution in [-0.2, 0) is 13.1 Å². The van der Waals surface area contributed by atoms with E-state index in [1.807, 2.05) is 31.2 Å². The summed E-state index contributed by atoms with van der Waals surface area (Å²) < 4.78 is 2.12. The average molecular weight is 320 g/mol. The predicted octanol–water partition coefficient (Wildman–Crippen LogP) is 3.28. The second-order valence-electron chi connectivity index (χ2n) is 5.96. The van der Waals surface area contributed by atoms with Gasteiger partial charge in [0.1, 0.15) is 5.82 Å². The molecule has 3 rings (SSSR count). The molecule has 0 aliphatic rings. The van der Waals surface area contributed by atoms with E-state index in [0.29, 0.717) is 18.7 Å². The molecule has 0 fully saturated rings. The molecule has 0 aliphatic carbocycles. The zero-order valence-corrected chi connectivity index (χ0v) is 13.9. The molecule has 1 amide bonds. The van der Waals surface area contributed by atoms with E-state index in [-0.39, 0.29) is 5.91 Å². The highest BCUT2D eigenvalue weighted by molar-refractivity contribution is 5.93. The minimum atomic E-state index is -0.0497. The van der Waals surface area contributed by atoms with E-state index in [1.54, 1.807) is 36.5 Å². The van der Waals surface area contributed by atoms with Crippen LogP contribution in [0.4, 0.5) is 0 Å². The van der Waals surface area contributed by atoms with E-state index in [2.05, 4.69) is 16.1 Å². The van der Waals surface area contributed by atoms with Gasteiger partial charge in [0, 0.05) is 31.5 Å². The first-order chi connectivity index (χ1) is 11.6. The molecule has 0 aliphatic heterocycles. The third-order valence-corrected chi connectivity index (χ3v) is 3.81. The number of fused-ring (bicyclic) bond motifs is 1. The predicted molar refractivity (Wildman–Crippen MR) is 94.6 cm³/mol. The number of allylic oxidation sites excluding steroid dienone is 1. The summed E-state index contributed by atoms with van der Waals surface area (Å²) in [5.41, 5.74) is 3.65. The number of imidazole rings is 1. The summed E-state index contributed by atoms with van der Waals surface area (Å²) in [5, 5.41) is 0. The first-order valence-corrected chi connectivity index (χ1v) is 7.80. The molecular weight excluding hydrogens is 300 g/mol. The zero-order chi connectivity index (χ0) is 17.1. The van der Waals surface area contributed by atoms with Crippen LogP contribution in [0.3, 0.4) is 0 Å². The lowest BCUT2D eigenvalue weighted by molar-refractivity contribution is 0.0780. The van der Waals surface area contributed by atoms with Crippen LogP contribution in [0.15, 0.2) is 60.9 Å². The SMILES string of the molecule is C=C(C)Cn1c(CN(C)C(=O)c2ccncc2)nc2ccccc21. The molecule has 3 aromatic rings. The maximum Gasteiger partial charge on any atom is 0.254 e. The summed E-state index contributed by atoms with van der Waals surface area (Å²) in [5.74, 6) is 0.801. The quantitative estimate of drug-likeness (QED) is 0.678. The molecule has 122 valence electrons. The Balaban J connectivity index is 1.91. The third-order valence-electron chi connectivity index (χ3n) is 3.81. The summed E-state index contributed by atoms with van der Waals surface area (Å²) >= 11 is 0. The number of benzene rings is 1. The number of carbonyl (C=O) groups is 1. The molecule has 0 unspecified atom stereocenters. The van der Waals surface area contributed by atoms with Crippen molar-refractivity contribution in [3.8, 4) is 0 Å². The second kappa shape index (κ2) is 6.66. The van der Waals surface area contributed by atoms with Crippen LogP contribution in [0.2, 0.25) is 0 Å². The largest absolute Gasteiger partial charge is 0.334 e. The van der Waals surface area contributed by atoms with Crippen LogP contribution < -0.4 is 0 Å². The Bertz CT molecular complexity index is 883. The van der Waals surface area contributed by atoms with E-state index < -0.39 is 0 Å². The van der Waals surface area contributed by atoms with Crippen molar-refractivity contribution < 1.29 is 4.79 Å². The van der Waals surface area contributed by atoms with Gasteiger partial charge in [-0.2, -0.15) is 0 Å². The highest BCUT2D eigenvalue weighted by Crippen LogP contribution is 2.19. The molecule has 5 nitrogen and oxygen atoms in total. The van der Waals surface area contributed by atoms with E-state index in [1.165, 1.54) is 0 Å². The van der Waals surface area contributed by atoms with Crippen molar-refractivity contribution in [2.45, 2.75) is 20.0 Å². The summed E-state index contributed by atoms with van der Waals surface area (Å²) in [6.45, 7) is 7.12. The third kappa shape index (κ3) is 3.20. The molecule has 0 saturated heterocycles. The lowest BCUT2D eigenvalue weighted by atomic mass is 10.2. The number of hydrogen-bond donors (Lipinski definition) is 0. The smallest absolute Gasteiger partial charge is 0.254 e. The van der Waals surface area contributed by atoms with Crippen molar-refractivity contribution in [1.29, 1.82) is 0 Å². The van der Waals surface area contributed by atoms with Gasteiger partial charge in [0.25, 0.3) is 5.91 Å². The fraction of sp³-hybridized carbons (Fsp3) is 0.211. The maximum absolute atomic E-state index is 12.5. The number of rotatable bonds is 5. The Morgan fingerprint density at radius 2 is 1.92 bits per heavy atom. The van der Waals surface area contributed by atoms with Crippen molar-refractivity contribution in [2.24, 2.45) is 0 Å². The van der Waals surface area contributed by atoms with Crippen molar-refractivity contribution in [2.75, 3.05) is 7.05 Å². The summed E-state index contributed by atoms with van der Waals surface area (Å²) in [7, 11) is 1.78. The Labute approximate surface area is 141 Å². The lowest BCUT2D eigenvalue weighted by Gasteiger charge is -2.18. The molecular formula is C19H20N4O. The van der Waals surface area contributed by atoms with Crippen molar-refractivity contribution >= 4 is 16.9 Å². The number of pyridine rings is 1. The minimum absolute atomic E-state index is 0.0497. The number of carbonyl (C=O) groups excluding carboxylic acids is 1. The van der Waals surface area contributed by atoms with Gasteiger partial charge in [-0.3, -0.25) is 9.78 Å². The molecule has 0 atom stereocenters. The highest BCUT2D eigenvalue weighted by atomic mass is 16.2. The molecule has 2 heterocycles. The normalized spacial score (nSPS) is 10.8. The average Bonchev–Trinajstić information content (AvgIpc) is 2.92. The van der Waals surface area contributed by atoms with Crippen LogP contribution in [0, 0.1) is 0 Å². The lowest BCUT2D eigenvalue weighted by Crippen LogP contribution is -2.27. The van der Waals surface area contributed by atoms with Crippen LogP contribution in [0.25, 0.3) is 11.0 Å². The molecule has 0 radical (unpaired) electrons. The Hall–Kier alpha value is -2.95. The first kappa shape index (κ1) is 15.9. The summed E-state index contributed by atoms with van der Waals surface area (Å²) in [6, 6.07) is 11.4. The number of para-hydroxylation sites is 2. The Morgan fingerprint density at radius 1 is 1.21 bits per heavy atom. The van der Waals surface area contributed by atoms with E-state index >= 15 is 0 Å². The van der Waals surface area contributed by atoms with Crippen LogP contribution >= 0.6 is 0 Å². The molecule has 0 spiro atoms. The molecule has 24 heavy (non-hydrogen) atoms. The maximum atomic E-state index is 12.5. The van der Waals surface area contributed by atoms with E-state index in [0.717, 1.165) is 22.4 Å². The Kier molecular flexibility index (Phi) is 4.42. The van der Waals surface area contributed by atoms with E-state index in [9.17, 15) is 4.79 Å². The second-order valence-corrected chi connectivity index (χ2v) is 5.96. The van der Waals surface area contributed by atoms with Gasteiger partial charge in [0.05, 0.1) is 17.6 Å². The first-order valence-electron chi connectivity index (χ1n) is 7.80. The number of aromatic nitrogens is 3. The molecule has 0 N–H and O–H groups in total. The topological polar surface area (TPSA) is 51.0 Å². The van der Waals surface area contributed by atoms with Gasteiger partial charge in [-0.15, -0.1) is 0 Å². The summed E-state index contributed by atoms with van der Waals surface area (Å²) in [6.07, 6.45) is 3.24. The summed E-state index contributed by atoms with van der Waals surface area (Å²) in [4.78, 5) is 22.9. The number of amides is 1. The standard InChI is InChI=1S/C19H20N4O/c1-14(2)12-23-17-7-5-4-6-16(17)21-18(23)13-22(3)19(24)15-8-10-20-11-9-15/h4-11H,1,12-13H2,2-3H3. The van der Waals surface area contributed by atoms with Gasteiger partial charge >= 0.3 is 0 Å². The van der Waals surface area contributed by atoms with Crippen molar-refractivity contribution in [3.63, 3.8) is 0 Å². The van der Waals surface area contributed by atoms with Gasteiger partial charge in [0.15, 0.2) is 0 Å². The highest BCUT2D eigenvalue weighted by Gasteiger charge is 2.16. The van der Waals surface area contributed by atoms with Crippen LogP contribution in [0.5, 0.6) is 0 Å². The van der Waals surface area contributed by atoms with Crippen LogP contribution in [-0.4, -0.2) is 32.4 Å². The molecule has 0 saturated carbocycles. The van der Waals surface area contributed by atoms with Gasteiger partial charge in [0.2, 0.25) is 0 Å². The number of hydrogen-bond acceptors (Lipinski definition) is 3. The van der Waals surface area contributed by atoms with Crippen LogP contribution in [0.1, 0.15) is 23.1 Å². The number of nitrogens with zero attached hydrogens (tertiary/aromatic N) is 4. The minimum Gasteiger partial charge on any atom is -0.334 e. The molecule has 0 bridgehead atoms. The Morgan fingerprint density at radius 3 is 2.62 bits per heavy atom. The molecule has 5 heteroatoms. The van der Waals surface area contributed by atoms with Gasteiger partial charge < -0.3 is 9.47 Å². The fourth-order valence-corrected chi connectivity index (χ4v) is 2.69. The van der Waals surface area contributed by atoms with Gasteiger partial charge in [-0.25, -0.2) is 4.98 Å². The monoisotopic (exact) mass is 320 g/mol. The zero-order valence-electron chi connectivity index (χ0n) is 13.9. The van der Waals surface area contributed by atoms with Crippen molar-refractivity contribution in [1.82, 2.24) is 19.4 Å². The van der Waals surface area contributed by atoms with Crippen molar-refractivity contribution in [3.05, 3.63) is 72.3 Å². The van der Waals surface area contributed by atoms with E-state index in [4.69, 9.17) is 4.98 Å².